The maximum absolute atomic E-state index is 12.7. The van der Waals surface area contributed by atoms with Gasteiger partial charge in [-0.15, -0.1) is 0 Å². The molecule has 0 rings (SSSR count). The largest absolute Gasteiger partial charge is 0.756 e. The van der Waals surface area contributed by atoms with E-state index in [9.17, 15) is 47.7 Å². The standard InChI is InChI=1S/C27H48N2O20P2/c1-8-21(25(33)49-27(35)47-23(15-41-20(4)31)16-44-50(36,37)42-11-9-28)13-18(2)24(32)48-26(34)46-22(14-40-19(3)30)17-45-51(38,39)43-12-10-29(5,6)7/h18,21-23H,8-17,28H2,1-7H3,(H-,36,37,38,39)/p-1. The summed E-state index contributed by atoms with van der Waals surface area (Å²) in [5, 5.41) is 0. The maximum Gasteiger partial charge on any atom is 0.516 e. The quantitative estimate of drug-likeness (QED) is 0.0440. The average Bonchev–Trinajstić information content (AvgIpc) is 3.00. The molecule has 6 atom stereocenters. The molecule has 0 aliphatic carbocycles. The molecule has 0 fully saturated rings. The van der Waals surface area contributed by atoms with Gasteiger partial charge in [0, 0.05) is 20.4 Å². The van der Waals surface area contributed by atoms with Gasteiger partial charge < -0.3 is 66.5 Å². The third kappa shape index (κ3) is 24.7. The summed E-state index contributed by atoms with van der Waals surface area (Å²) < 4.78 is 71.2. The van der Waals surface area contributed by atoms with Crippen molar-refractivity contribution in [2.45, 2.75) is 52.7 Å². The van der Waals surface area contributed by atoms with Crippen LogP contribution in [0.1, 0.15) is 40.5 Å². The summed E-state index contributed by atoms with van der Waals surface area (Å²) in [7, 11) is -4.35. The Balaban J connectivity index is 5.22. The van der Waals surface area contributed by atoms with Gasteiger partial charge in [0.2, 0.25) is 0 Å². The Morgan fingerprint density at radius 3 is 1.53 bits per heavy atom. The molecule has 296 valence electrons. The lowest BCUT2D eigenvalue weighted by molar-refractivity contribution is -0.870. The van der Waals surface area contributed by atoms with Crippen molar-refractivity contribution in [1.29, 1.82) is 0 Å². The highest BCUT2D eigenvalue weighted by molar-refractivity contribution is 7.46. The van der Waals surface area contributed by atoms with E-state index in [0.717, 1.165) is 13.8 Å². The first kappa shape index (κ1) is 48.0. The normalized spacial score (nSPS) is 16.2. The van der Waals surface area contributed by atoms with Crippen molar-refractivity contribution in [3.63, 3.8) is 0 Å². The zero-order chi connectivity index (χ0) is 39.4. The van der Waals surface area contributed by atoms with Gasteiger partial charge in [0.15, 0.2) is 12.2 Å². The highest BCUT2D eigenvalue weighted by Gasteiger charge is 2.31. The highest BCUT2D eigenvalue weighted by Crippen LogP contribution is 2.39. The fraction of sp³-hybridized carbons (Fsp3) is 0.778. The van der Waals surface area contributed by atoms with Crippen LogP contribution in [-0.2, 0) is 74.8 Å². The lowest BCUT2D eigenvalue weighted by Crippen LogP contribution is -2.37. The summed E-state index contributed by atoms with van der Waals surface area (Å²) in [6.45, 7) is 1.30. The average molecular weight is 782 g/mol. The van der Waals surface area contributed by atoms with Crippen molar-refractivity contribution >= 4 is 51.8 Å². The summed E-state index contributed by atoms with van der Waals surface area (Å²) in [5.74, 6) is -6.32. The van der Waals surface area contributed by atoms with Crippen molar-refractivity contribution in [2.75, 3.05) is 73.9 Å². The first-order valence-electron chi connectivity index (χ1n) is 15.3. The first-order valence-corrected chi connectivity index (χ1v) is 18.2. The van der Waals surface area contributed by atoms with Gasteiger partial charge >= 0.3 is 36.2 Å². The van der Waals surface area contributed by atoms with Crippen molar-refractivity contribution in [1.82, 2.24) is 0 Å². The van der Waals surface area contributed by atoms with Crippen LogP contribution in [0, 0.1) is 11.8 Å². The molecular formula is C27H47N2O20P2-. The number of likely N-dealkylation sites (N-methyl/N-ethyl adjacent to an activating group) is 1. The Morgan fingerprint density at radius 2 is 1.14 bits per heavy atom. The molecule has 0 bridgehead atoms. The van der Waals surface area contributed by atoms with Crippen molar-refractivity contribution in [3.05, 3.63) is 0 Å². The second-order valence-electron chi connectivity index (χ2n) is 11.6. The van der Waals surface area contributed by atoms with Crippen LogP contribution in [0.5, 0.6) is 0 Å². The lowest BCUT2D eigenvalue weighted by Gasteiger charge is -2.28. The topological polar surface area (TPSA) is 301 Å². The van der Waals surface area contributed by atoms with Gasteiger partial charge in [0.25, 0.3) is 15.6 Å². The molecule has 0 aromatic rings. The second kappa shape index (κ2) is 23.5. The van der Waals surface area contributed by atoms with E-state index in [1.54, 1.807) is 21.1 Å². The predicted molar refractivity (Wildman–Crippen MR) is 165 cm³/mol. The molecule has 22 nitrogen and oxygen atoms in total. The van der Waals surface area contributed by atoms with Gasteiger partial charge in [-0.2, -0.15) is 0 Å². The molecule has 0 aromatic heterocycles. The number of phosphoric acid groups is 2. The van der Waals surface area contributed by atoms with Crippen molar-refractivity contribution < 1.29 is 98.7 Å². The summed E-state index contributed by atoms with van der Waals surface area (Å²) >= 11 is 0. The minimum atomic E-state index is -4.87. The van der Waals surface area contributed by atoms with Gasteiger partial charge in [0.1, 0.15) is 26.4 Å². The Labute approximate surface area is 294 Å². The number of hydrogen-bond donors (Lipinski definition) is 1. The molecule has 0 radical (unpaired) electrons. The minimum absolute atomic E-state index is 0.0138. The summed E-state index contributed by atoms with van der Waals surface area (Å²) in [4.78, 5) is 96.1. The summed E-state index contributed by atoms with van der Waals surface area (Å²) in [6.07, 6.45) is -6.66. The summed E-state index contributed by atoms with van der Waals surface area (Å²) in [6, 6.07) is 0. The summed E-state index contributed by atoms with van der Waals surface area (Å²) in [5.41, 5.74) is 5.17. The van der Waals surface area contributed by atoms with E-state index in [0.29, 0.717) is 11.0 Å². The monoisotopic (exact) mass is 781 g/mol. The van der Waals surface area contributed by atoms with Crippen LogP contribution in [0.15, 0.2) is 0 Å². The SMILES string of the molecule is CCC(CC(C)C(=O)OC(=O)OC(COC(C)=O)COP(=O)([O-])OCC[N+](C)(C)C)C(=O)OC(=O)OC(COC(C)=O)COP(=O)([O-])OCCN. The lowest BCUT2D eigenvalue weighted by atomic mass is 9.94. The number of carbonyl (C=O) groups is 6. The number of phosphoric ester groups is 2. The molecule has 0 aliphatic heterocycles. The minimum Gasteiger partial charge on any atom is -0.756 e. The fourth-order valence-electron chi connectivity index (χ4n) is 3.29. The van der Waals surface area contributed by atoms with Crippen LogP contribution < -0.4 is 15.5 Å². The molecule has 6 unspecified atom stereocenters. The van der Waals surface area contributed by atoms with Crippen molar-refractivity contribution in [3.8, 4) is 0 Å². The van der Waals surface area contributed by atoms with Gasteiger partial charge in [-0.25, -0.2) is 9.59 Å². The van der Waals surface area contributed by atoms with Crippen molar-refractivity contribution in [2.24, 2.45) is 17.6 Å². The third-order valence-corrected chi connectivity index (χ3v) is 7.85. The van der Waals surface area contributed by atoms with E-state index < -0.39 is 109 Å². The zero-order valence-electron chi connectivity index (χ0n) is 29.5. The van der Waals surface area contributed by atoms with E-state index in [1.807, 2.05) is 0 Å². The maximum atomic E-state index is 12.7. The number of ether oxygens (including phenoxy) is 6. The predicted octanol–water partition coefficient (Wildman–Crippen LogP) is -0.0701. The van der Waals surface area contributed by atoms with Crippen LogP contribution in [0.2, 0.25) is 0 Å². The molecule has 51 heavy (non-hydrogen) atoms. The fourth-order valence-corrected chi connectivity index (χ4v) is 4.77. The Morgan fingerprint density at radius 1 is 0.706 bits per heavy atom. The van der Waals surface area contributed by atoms with Crippen LogP contribution >= 0.6 is 15.6 Å². The molecule has 2 N–H and O–H groups in total. The van der Waals surface area contributed by atoms with Gasteiger partial charge in [0.05, 0.1) is 52.8 Å². The molecule has 0 saturated heterocycles. The Bertz CT molecular complexity index is 1260. The van der Waals surface area contributed by atoms with E-state index in [-0.39, 0.29) is 26.0 Å². The van der Waals surface area contributed by atoms with Crippen LogP contribution in [0.25, 0.3) is 0 Å². The molecule has 0 spiro atoms. The first-order chi connectivity index (χ1) is 23.5. The molecule has 0 amide bonds. The smallest absolute Gasteiger partial charge is 0.516 e. The van der Waals surface area contributed by atoms with Gasteiger partial charge in [-0.05, 0) is 12.8 Å². The Kier molecular flexibility index (Phi) is 22.1. The Hall–Kier alpha value is -3.04. The van der Waals surface area contributed by atoms with E-state index in [4.69, 9.17) is 33.7 Å². The third-order valence-electron chi connectivity index (χ3n) is 5.92. The molecule has 24 heteroatoms. The molecular weight excluding hydrogens is 734 g/mol. The number of rotatable bonds is 24. The number of nitrogens with zero attached hydrogens (tertiary/aromatic N) is 1. The number of esters is 4. The van der Waals surface area contributed by atoms with Crippen LogP contribution in [0.3, 0.4) is 0 Å². The highest BCUT2D eigenvalue weighted by atomic mass is 31.2. The van der Waals surface area contributed by atoms with E-state index in [1.165, 1.54) is 13.8 Å². The van der Waals surface area contributed by atoms with Crippen LogP contribution in [0.4, 0.5) is 9.59 Å². The number of nitrogens with two attached hydrogens (primary N) is 1. The van der Waals surface area contributed by atoms with Crippen LogP contribution in [-0.4, -0.2) is 127 Å². The number of carbonyl (C=O) groups excluding carboxylic acids is 6. The number of quaternary nitrogens is 1. The van der Waals surface area contributed by atoms with Gasteiger partial charge in [-0.3, -0.25) is 28.3 Å². The second-order valence-corrected chi connectivity index (χ2v) is 14.4. The molecule has 0 aliphatic rings. The molecule has 0 heterocycles. The zero-order valence-corrected chi connectivity index (χ0v) is 31.3. The van der Waals surface area contributed by atoms with E-state index in [2.05, 4.69) is 18.5 Å². The molecule has 0 saturated carbocycles. The van der Waals surface area contributed by atoms with Gasteiger partial charge in [-0.1, -0.05) is 13.8 Å². The number of hydrogen-bond acceptors (Lipinski definition) is 21. The van der Waals surface area contributed by atoms with E-state index >= 15 is 0 Å². The molecule has 0 aromatic carbocycles.